The summed E-state index contributed by atoms with van der Waals surface area (Å²) < 4.78 is 26.9. The fraction of sp³-hybridized carbons (Fsp3) is 0.455. The maximum Gasteiger partial charge on any atom is 0.235 e. The zero-order valence-corrected chi connectivity index (χ0v) is 11.2. The fourth-order valence-corrected chi connectivity index (χ4v) is 2.11. The van der Waals surface area contributed by atoms with Crippen LogP contribution in [0.4, 0.5) is 0 Å². The molecule has 16 heavy (non-hydrogen) atoms. The lowest BCUT2D eigenvalue weighted by molar-refractivity contribution is 0.336. The molecule has 0 amide bonds. The van der Waals surface area contributed by atoms with Crippen molar-refractivity contribution in [2.75, 3.05) is 12.4 Å². The molecule has 5 heteroatoms. The standard InChI is InChI=1S/C11H15ClO3S/c1-8-6-9(2)11(10(3)7-8)15-4-5-16(12,13)14/h6-7H,4-5H2,1-3H3. The largest absolute Gasteiger partial charge is 0.492 e. The van der Waals surface area contributed by atoms with E-state index in [0.29, 0.717) is 0 Å². The first-order valence-electron chi connectivity index (χ1n) is 4.92. The molecule has 0 aliphatic rings. The molecular formula is C11H15ClO3S. The van der Waals surface area contributed by atoms with Crippen LogP contribution >= 0.6 is 10.7 Å². The molecule has 0 radical (unpaired) electrons. The summed E-state index contributed by atoms with van der Waals surface area (Å²) in [5, 5.41) is 0. The van der Waals surface area contributed by atoms with Crippen LogP contribution < -0.4 is 4.74 Å². The summed E-state index contributed by atoms with van der Waals surface area (Å²) in [6.07, 6.45) is 0. The van der Waals surface area contributed by atoms with Gasteiger partial charge in [0.2, 0.25) is 9.05 Å². The third kappa shape index (κ3) is 4.02. The highest BCUT2D eigenvalue weighted by Gasteiger charge is 2.08. The van der Waals surface area contributed by atoms with Crippen molar-refractivity contribution >= 4 is 19.7 Å². The van der Waals surface area contributed by atoms with Crippen molar-refractivity contribution in [3.63, 3.8) is 0 Å². The molecule has 0 atom stereocenters. The quantitative estimate of drug-likeness (QED) is 0.784. The van der Waals surface area contributed by atoms with Crippen LogP contribution in [0.15, 0.2) is 12.1 Å². The zero-order chi connectivity index (χ0) is 12.3. The van der Waals surface area contributed by atoms with Crippen molar-refractivity contribution in [1.29, 1.82) is 0 Å². The molecule has 1 rings (SSSR count). The van der Waals surface area contributed by atoms with E-state index in [4.69, 9.17) is 15.4 Å². The molecule has 0 aliphatic heterocycles. The molecule has 3 nitrogen and oxygen atoms in total. The van der Waals surface area contributed by atoms with Gasteiger partial charge < -0.3 is 4.74 Å². The second kappa shape index (κ2) is 5.06. The number of halogens is 1. The second-order valence-corrected chi connectivity index (χ2v) is 6.72. The first kappa shape index (κ1) is 13.3. The van der Waals surface area contributed by atoms with Crippen LogP contribution in [-0.2, 0) is 9.05 Å². The highest BCUT2D eigenvalue weighted by Crippen LogP contribution is 2.24. The number of ether oxygens (including phenoxy) is 1. The van der Waals surface area contributed by atoms with Gasteiger partial charge in [-0.2, -0.15) is 0 Å². The van der Waals surface area contributed by atoms with Crippen LogP contribution in [-0.4, -0.2) is 20.8 Å². The fourth-order valence-electron chi connectivity index (χ4n) is 1.64. The first-order valence-corrected chi connectivity index (χ1v) is 7.40. The molecule has 1 aromatic rings. The van der Waals surface area contributed by atoms with Gasteiger partial charge in [-0.1, -0.05) is 17.7 Å². The van der Waals surface area contributed by atoms with E-state index in [1.807, 2.05) is 32.9 Å². The van der Waals surface area contributed by atoms with E-state index in [1.165, 1.54) is 0 Å². The van der Waals surface area contributed by atoms with Crippen molar-refractivity contribution in [1.82, 2.24) is 0 Å². The number of benzene rings is 1. The average molecular weight is 263 g/mol. The monoisotopic (exact) mass is 262 g/mol. The van der Waals surface area contributed by atoms with E-state index in [0.717, 1.165) is 22.4 Å². The zero-order valence-electron chi connectivity index (χ0n) is 9.58. The number of aryl methyl sites for hydroxylation is 3. The van der Waals surface area contributed by atoms with Gasteiger partial charge in [0, 0.05) is 10.7 Å². The van der Waals surface area contributed by atoms with Gasteiger partial charge in [0.25, 0.3) is 0 Å². The third-order valence-electron chi connectivity index (χ3n) is 2.18. The highest BCUT2D eigenvalue weighted by atomic mass is 35.7. The average Bonchev–Trinajstić information content (AvgIpc) is 2.07. The molecular weight excluding hydrogens is 248 g/mol. The maximum absolute atomic E-state index is 10.7. The molecule has 0 saturated heterocycles. The van der Waals surface area contributed by atoms with Crippen LogP contribution in [0.1, 0.15) is 16.7 Å². The molecule has 90 valence electrons. The van der Waals surface area contributed by atoms with Gasteiger partial charge in [-0.05, 0) is 31.9 Å². The molecule has 0 saturated carbocycles. The Kier molecular flexibility index (Phi) is 4.21. The Bertz CT molecular complexity index is 457. The van der Waals surface area contributed by atoms with E-state index < -0.39 is 9.05 Å². The smallest absolute Gasteiger partial charge is 0.235 e. The summed E-state index contributed by atoms with van der Waals surface area (Å²) in [7, 11) is 1.62. The Hall–Kier alpha value is -0.740. The minimum Gasteiger partial charge on any atom is -0.492 e. The van der Waals surface area contributed by atoms with Crippen molar-refractivity contribution in [3.05, 3.63) is 28.8 Å². The van der Waals surface area contributed by atoms with Gasteiger partial charge in [-0.15, -0.1) is 0 Å². The lowest BCUT2D eigenvalue weighted by Gasteiger charge is -2.12. The van der Waals surface area contributed by atoms with Gasteiger partial charge in [0.1, 0.15) is 12.4 Å². The molecule has 0 spiro atoms. The van der Waals surface area contributed by atoms with E-state index in [1.54, 1.807) is 0 Å². The van der Waals surface area contributed by atoms with E-state index in [2.05, 4.69) is 0 Å². The molecule has 0 aliphatic carbocycles. The minimum atomic E-state index is -3.48. The lowest BCUT2D eigenvalue weighted by atomic mass is 10.1. The summed E-state index contributed by atoms with van der Waals surface area (Å²) in [5.41, 5.74) is 3.17. The van der Waals surface area contributed by atoms with Gasteiger partial charge in [0.05, 0.1) is 5.75 Å². The number of hydrogen-bond donors (Lipinski definition) is 0. The van der Waals surface area contributed by atoms with Crippen LogP contribution in [0, 0.1) is 20.8 Å². The van der Waals surface area contributed by atoms with Crippen molar-refractivity contribution < 1.29 is 13.2 Å². The van der Waals surface area contributed by atoms with E-state index in [-0.39, 0.29) is 12.4 Å². The summed E-state index contributed by atoms with van der Waals surface area (Å²) in [6, 6.07) is 4.00. The molecule has 0 bridgehead atoms. The predicted octanol–water partition coefficient (Wildman–Crippen LogP) is 2.56. The number of hydrogen-bond acceptors (Lipinski definition) is 3. The molecule has 0 aromatic heterocycles. The minimum absolute atomic E-state index is 0.0799. The first-order chi connectivity index (χ1) is 7.29. The Labute approximate surface area is 101 Å². The molecule has 0 N–H and O–H groups in total. The predicted molar refractivity (Wildman–Crippen MR) is 65.8 cm³/mol. The highest BCUT2D eigenvalue weighted by molar-refractivity contribution is 8.13. The van der Waals surface area contributed by atoms with Gasteiger partial charge in [-0.25, -0.2) is 8.42 Å². The van der Waals surface area contributed by atoms with Crippen LogP contribution in [0.5, 0.6) is 5.75 Å². The Morgan fingerprint density at radius 1 is 1.19 bits per heavy atom. The normalized spacial score (nSPS) is 11.5. The molecule has 0 unspecified atom stereocenters. The van der Waals surface area contributed by atoms with Crippen molar-refractivity contribution in [3.8, 4) is 5.75 Å². The molecule has 0 fully saturated rings. The van der Waals surface area contributed by atoms with Gasteiger partial charge >= 0.3 is 0 Å². The topological polar surface area (TPSA) is 43.4 Å². The van der Waals surface area contributed by atoms with Crippen molar-refractivity contribution in [2.45, 2.75) is 20.8 Å². The summed E-state index contributed by atoms with van der Waals surface area (Å²) in [4.78, 5) is 0. The van der Waals surface area contributed by atoms with Gasteiger partial charge in [-0.3, -0.25) is 0 Å². The van der Waals surface area contributed by atoms with E-state index >= 15 is 0 Å². The second-order valence-electron chi connectivity index (χ2n) is 3.82. The Balaban J connectivity index is 2.75. The van der Waals surface area contributed by atoms with Gasteiger partial charge in [0.15, 0.2) is 0 Å². The summed E-state index contributed by atoms with van der Waals surface area (Å²) in [6.45, 7) is 5.96. The van der Waals surface area contributed by atoms with Crippen molar-refractivity contribution in [2.24, 2.45) is 0 Å². The Morgan fingerprint density at radius 3 is 2.12 bits per heavy atom. The van der Waals surface area contributed by atoms with Crippen LogP contribution in [0.3, 0.4) is 0 Å². The lowest BCUT2D eigenvalue weighted by Crippen LogP contribution is -2.10. The SMILES string of the molecule is Cc1cc(C)c(OCCS(=O)(=O)Cl)c(C)c1. The maximum atomic E-state index is 10.7. The molecule has 0 heterocycles. The van der Waals surface area contributed by atoms with E-state index in [9.17, 15) is 8.42 Å². The summed E-state index contributed by atoms with van der Waals surface area (Å²) >= 11 is 0. The third-order valence-corrected chi connectivity index (χ3v) is 3.30. The summed E-state index contributed by atoms with van der Waals surface area (Å²) in [5.74, 6) is 0.562. The Morgan fingerprint density at radius 2 is 1.69 bits per heavy atom. The molecule has 1 aromatic carbocycles. The van der Waals surface area contributed by atoms with Crippen LogP contribution in [0.2, 0.25) is 0 Å². The van der Waals surface area contributed by atoms with Crippen LogP contribution in [0.25, 0.3) is 0 Å². The number of rotatable bonds is 4.